The van der Waals surface area contributed by atoms with Crippen LogP contribution in [0, 0.1) is 0 Å². The maximum absolute atomic E-state index is 12.2. The summed E-state index contributed by atoms with van der Waals surface area (Å²) in [6, 6.07) is 8.15. The lowest BCUT2D eigenvalue weighted by Crippen LogP contribution is -2.06. The Hall–Kier alpha value is -1.62. The van der Waals surface area contributed by atoms with Gasteiger partial charge in [0, 0.05) is 6.20 Å². The molecule has 0 aliphatic carbocycles. The third-order valence-electron chi connectivity index (χ3n) is 2.11. The minimum Gasteiger partial charge on any atom is -0.433 e. The summed E-state index contributed by atoms with van der Waals surface area (Å²) in [6.07, 6.45) is 1.64. The molecule has 6 heteroatoms. The molecule has 2 rings (SSSR count). The van der Waals surface area contributed by atoms with Gasteiger partial charge in [0.1, 0.15) is 5.69 Å². The SMILES string of the molecule is FC(F)Oc1ccccc1-n1ccc(CCl)n1. The zero-order chi connectivity index (χ0) is 12.3. The van der Waals surface area contributed by atoms with E-state index in [0.29, 0.717) is 11.4 Å². The van der Waals surface area contributed by atoms with Gasteiger partial charge in [-0.15, -0.1) is 11.6 Å². The Morgan fingerprint density at radius 1 is 1.29 bits per heavy atom. The van der Waals surface area contributed by atoms with E-state index >= 15 is 0 Å². The molecule has 0 unspecified atom stereocenters. The van der Waals surface area contributed by atoms with Crippen LogP contribution in [0.25, 0.3) is 5.69 Å². The number of benzene rings is 1. The first-order chi connectivity index (χ1) is 8.20. The van der Waals surface area contributed by atoms with Gasteiger partial charge in [-0.25, -0.2) is 4.68 Å². The van der Waals surface area contributed by atoms with Crippen molar-refractivity contribution in [2.24, 2.45) is 0 Å². The molecule has 0 aliphatic rings. The van der Waals surface area contributed by atoms with E-state index in [1.165, 1.54) is 10.7 Å². The molecule has 0 saturated heterocycles. The van der Waals surface area contributed by atoms with Gasteiger partial charge >= 0.3 is 6.61 Å². The van der Waals surface area contributed by atoms with Crippen molar-refractivity contribution < 1.29 is 13.5 Å². The standard InChI is InChI=1S/C11H9ClF2N2O/c12-7-8-5-6-16(15-8)9-3-1-2-4-10(9)17-11(13)14/h1-6,11H,7H2. The summed E-state index contributed by atoms with van der Waals surface area (Å²) in [7, 11) is 0. The Labute approximate surface area is 102 Å². The number of hydrogen-bond donors (Lipinski definition) is 0. The number of alkyl halides is 3. The molecule has 0 spiro atoms. The highest BCUT2D eigenvalue weighted by Gasteiger charge is 2.11. The fraction of sp³-hybridized carbons (Fsp3) is 0.182. The smallest absolute Gasteiger partial charge is 0.387 e. The quantitative estimate of drug-likeness (QED) is 0.788. The third kappa shape index (κ3) is 2.74. The van der Waals surface area contributed by atoms with E-state index in [9.17, 15) is 8.78 Å². The molecule has 17 heavy (non-hydrogen) atoms. The summed E-state index contributed by atoms with van der Waals surface area (Å²) < 4.78 is 30.3. The van der Waals surface area contributed by atoms with Gasteiger partial charge in [0.15, 0.2) is 5.75 Å². The van der Waals surface area contributed by atoms with Crippen LogP contribution in [0.2, 0.25) is 0 Å². The van der Waals surface area contributed by atoms with Crippen molar-refractivity contribution >= 4 is 11.6 Å². The Kier molecular flexibility index (Phi) is 3.58. The molecular formula is C11H9ClF2N2O. The number of ether oxygens (including phenoxy) is 1. The van der Waals surface area contributed by atoms with E-state index in [-0.39, 0.29) is 11.6 Å². The fourth-order valence-corrected chi connectivity index (χ4v) is 1.55. The number of hydrogen-bond acceptors (Lipinski definition) is 2. The molecule has 0 aliphatic heterocycles. The zero-order valence-electron chi connectivity index (χ0n) is 8.69. The van der Waals surface area contributed by atoms with Crippen LogP contribution in [0.1, 0.15) is 5.69 Å². The first kappa shape index (κ1) is 11.9. The van der Waals surface area contributed by atoms with E-state index in [1.807, 2.05) is 0 Å². The Bertz CT molecular complexity index is 502. The lowest BCUT2D eigenvalue weighted by Gasteiger charge is -2.09. The number of nitrogens with zero attached hydrogens (tertiary/aromatic N) is 2. The second kappa shape index (κ2) is 5.14. The van der Waals surface area contributed by atoms with Gasteiger partial charge < -0.3 is 4.74 Å². The summed E-state index contributed by atoms with van der Waals surface area (Å²) in [5.41, 5.74) is 1.11. The van der Waals surface area contributed by atoms with Gasteiger partial charge in [-0.1, -0.05) is 12.1 Å². The van der Waals surface area contributed by atoms with E-state index in [1.54, 1.807) is 30.5 Å². The number of halogens is 3. The second-order valence-electron chi connectivity index (χ2n) is 3.23. The molecule has 1 heterocycles. The molecule has 1 aromatic heterocycles. The maximum Gasteiger partial charge on any atom is 0.387 e. The average Bonchev–Trinajstić information content (AvgIpc) is 2.77. The molecular weight excluding hydrogens is 250 g/mol. The third-order valence-corrected chi connectivity index (χ3v) is 2.38. The van der Waals surface area contributed by atoms with Crippen molar-refractivity contribution in [1.82, 2.24) is 9.78 Å². The first-order valence-corrected chi connectivity index (χ1v) is 5.39. The summed E-state index contributed by atoms with van der Waals surface area (Å²) in [6.45, 7) is -2.86. The van der Waals surface area contributed by atoms with Crippen molar-refractivity contribution in [3.63, 3.8) is 0 Å². The lowest BCUT2D eigenvalue weighted by atomic mass is 10.3. The van der Waals surface area contributed by atoms with Crippen LogP contribution in [0.3, 0.4) is 0 Å². The molecule has 0 bridgehead atoms. The maximum atomic E-state index is 12.2. The fourth-order valence-electron chi connectivity index (χ4n) is 1.41. The molecule has 0 radical (unpaired) electrons. The molecule has 90 valence electrons. The molecule has 1 aromatic carbocycles. The summed E-state index contributed by atoms with van der Waals surface area (Å²) in [4.78, 5) is 0. The van der Waals surface area contributed by atoms with Crippen LogP contribution in [0.15, 0.2) is 36.5 Å². The number of para-hydroxylation sites is 2. The minimum absolute atomic E-state index is 0.0757. The van der Waals surface area contributed by atoms with Gasteiger partial charge in [-0.3, -0.25) is 0 Å². The minimum atomic E-state index is -2.86. The average molecular weight is 259 g/mol. The predicted octanol–water partition coefficient (Wildman–Crippen LogP) is 3.21. The lowest BCUT2D eigenvalue weighted by molar-refractivity contribution is -0.0499. The topological polar surface area (TPSA) is 27.1 Å². The zero-order valence-corrected chi connectivity index (χ0v) is 9.44. The predicted molar refractivity (Wildman–Crippen MR) is 59.8 cm³/mol. The van der Waals surface area contributed by atoms with Crippen LogP contribution in [-0.2, 0) is 5.88 Å². The van der Waals surface area contributed by atoms with E-state index in [4.69, 9.17) is 11.6 Å². The molecule has 0 atom stereocenters. The molecule has 0 N–H and O–H groups in total. The normalized spacial score (nSPS) is 10.8. The van der Waals surface area contributed by atoms with Gasteiger partial charge in [-0.05, 0) is 18.2 Å². The highest BCUT2D eigenvalue weighted by molar-refractivity contribution is 6.16. The van der Waals surface area contributed by atoms with Crippen LogP contribution in [0.4, 0.5) is 8.78 Å². The van der Waals surface area contributed by atoms with Crippen molar-refractivity contribution in [3.8, 4) is 11.4 Å². The van der Waals surface area contributed by atoms with Crippen molar-refractivity contribution in [1.29, 1.82) is 0 Å². The van der Waals surface area contributed by atoms with Gasteiger partial charge in [-0.2, -0.15) is 13.9 Å². The van der Waals surface area contributed by atoms with Crippen molar-refractivity contribution in [2.75, 3.05) is 0 Å². The Balaban J connectivity index is 2.36. The summed E-state index contributed by atoms with van der Waals surface area (Å²) in [5, 5.41) is 4.13. The van der Waals surface area contributed by atoms with Gasteiger partial charge in [0.2, 0.25) is 0 Å². The molecule has 0 fully saturated rings. The van der Waals surface area contributed by atoms with E-state index in [0.717, 1.165) is 0 Å². The molecule has 2 aromatic rings. The van der Waals surface area contributed by atoms with E-state index < -0.39 is 6.61 Å². The highest BCUT2D eigenvalue weighted by Crippen LogP contribution is 2.23. The van der Waals surface area contributed by atoms with Crippen LogP contribution < -0.4 is 4.74 Å². The summed E-state index contributed by atoms with van der Waals surface area (Å²) >= 11 is 5.62. The molecule has 0 amide bonds. The highest BCUT2D eigenvalue weighted by atomic mass is 35.5. The van der Waals surface area contributed by atoms with Crippen molar-refractivity contribution in [3.05, 3.63) is 42.2 Å². The Morgan fingerprint density at radius 2 is 2.06 bits per heavy atom. The molecule has 0 saturated carbocycles. The Morgan fingerprint density at radius 3 is 2.71 bits per heavy atom. The first-order valence-electron chi connectivity index (χ1n) is 4.85. The largest absolute Gasteiger partial charge is 0.433 e. The molecule has 3 nitrogen and oxygen atoms in total. The number of aromatic nitrogens is 2. The van der Waals surface area contributed by atoms with Crippen LogP contribution >= 0.6 is 11.6 Å². The van der Waals surface area contributed by atoms with Gasteiger partial charge in [0.25, 0.3) is 0 Å². The second-order valence-corrected chi connectivity index (χ2v) is 3.50. The van der Waals surface area contributed by atoms with Crippen LogP contribution in [0.5, 0.6) is 5.75 Å². The monoisotopic (exact) mass is 258 g/mol. The van der Waals surface area contributed by atoms with Gasteiger partial charge in [0.05, 0.1) is 11.6 Å². The van der Waals surface area contributed by atoms with Crippen molar-refractivity contribution in [2.45, 2.75) is 12.5 Å². The van der Waals surface area contributed by atoms with Crippen LogP contribution in [-0.4, -0.2) is 16.4 Å². The summed E-state index contributed by atoms with van der Waals surface area (Å²) in [5.74, 6) is 0.344. The van der Waals surface area contributed by atoms with E-state index in [2.05, 4.69) is 9.84 Å². The number of rotatable bonds is 4.